The van der Waals surface area contributed by atoms with Crippen molar-refractivity contribution in [1.82, 2.24) is 4.90 Å². The van der Waals surface area contributed by atoms with Gasteiger partial charge in [-0.3, -0.25) is 9.69 Å². The van der Waals surface area contributed by atoms with Gasteiger partial charge in [-0.25, -0.2) is 9.18 Å². The zero-order chi connectivity index (χ0) is 16.6. The molecule has 1 amide bonds. The van der Waals surface area contributed by atoms with Gasteiger partial charge in [0.2, 0.25) is 0 Å². The highest BCUT2D eigenvalue weighted by molar-refractivity contribution is 9.10. The van der Waals surface area contributed by atoms with E-state index in [1.165, 1.54) is 18.2 Å². The van der Waals surface area contributed by atoms with Crippen molar-refractivity contribution in [1.29, 1.82) is 0 Å². The number of hydrogen-bond acceptors (Lipinski definition) is 3. The van der Waals surface area contributed by atoms with Crippen LogP contribution in [0.3, 0.4) is 0 Å². The fourth-order valence-electron chi connectivity index (χ4n) is 2.47. The highest BCUT2D eigenvalue weighted by Crippen LogP contribution is 2.32. The molecule has 1 heterocycles. The lowest BCUT2D eigenvalue weighted by atomic mass is 10.0. The van der Waals surface area contributed by atoms with E-state index in [2.05, 4.69) is 15.9 Å². The molecule has 1 atom stereocenters. The molecule has 0 radical (unpaired) electrons. The quantitative estimate of drug-likeness (QED) is 0.888. The van der Waals surface area contributed by atoms with Crippen LogP contribution in [-0.2, 0) is 4.79 Å². The van der Waals surface area contributed by atoms with E-state index in [9.17, 15) is 19.1 Å². The third-order valence-corrected chi connectivity index (χ3v) is 4.00. The molecule has 1 aliphatic rings. The van der Waals surface area contributed by atoms with Crippen LogP contribution in [0.4, 0.5) is 4.39 Å². The molecule has 1 unspecified atom stereocenters. The molecular weight excluding hydrogens is 369 g/mol. The van der Waals surface area contributed by atoms with Crippen molar-refractivity contribution in [3.63, 3.8) is 0 Å². The highest BCUT2D eigenvalue weighted by Gasteiger charge is 2.36. The van der Waals surface area contributed by atoms with Gasteiger partial charge >= 0.3 is 5.97 Å². The van der Waals surface area contributed by atoms with Gasteiger partial charge in [-0.15, -0.1) is 0 Å². The first-order chi connectivity index (χ1) is 11.0. The van der Waals surface area contributed by atoms with Gasteiger partial charge in [-0.2, -0.15) is 0 Å². The molecule has 0 aromatic heterocycles. The minimum atomic E-state index is -1.33. The average Bonchev–Trinajstić information content (AvgIpc) is 2.50. The molecule has 0 bridgehead atoms. The molecule has 5 nitrogen and oxygen atoms in total. The van der Waals surface area contributed by atoms with Crippen LogP contribution in [0.1, 0.15) is 22.0 Å². The van der Waals surface area contributed by atoms with Gasteiger partial charge in [-0.05, 0) is 35.9 Å². The lowest BCUT2D eigenvalue weighted by Crippen LogP contribution is -2.44. The third kappa shape index (κ3) is 2.92. The van der Waals surface area contributed by atoms with Crippen molar-refractivity contribution >= 4 is 27.8 Å². The summed E-state index contributed by atoms with van der Waals surface area (Å²) in [4.78, 5) is 25.4. The van der Waals surface area contributed by atoms with Crippen molar-refractivity contribution in [3.05, 3.63) is 63.9 Å². The topological polar surface area (TPSA) is 66.8 Å². The Hall–Kier alpha value is -2.41. The molecule has 0 fully saturated rings. The summed E-state index contributed by atoms with van der Waals surface area (Å²) in [6.07, 6.45) is 0. The molecule has 2 aromatic carbocycles. The Kier molecular flexibility index (Phi) is 4.04. The van der Waals surface area contributed by atoms with Crippen LogP contribution in [-0.4, -0.2) is 28.6 Å². The summed E-state index contributed by atoms with van der Waals surface area (Å²) in [6, 6.07) is 8.77. The predicted molar refractivity (Wildman–Crippen MR) is 82.6 cm³/mol. The van der Waals surface area contributed by atoms with Crippen LogP contribution < -0.4 is 4.74 Å². The van der Waals surface area contributed by atoms with Crippen molar-refractivity contribution in [2.75, 3.05) is 6.73 Å². The second-order valence-corrected chi connectivity index (χ2v) is 5.90. The van der Waals surface area contributed by atoms with Gasteiger partial charge in [0, 0.05) is 4.47 Å². The number of carbonyl (C=O) groups excluding carboxylic acids is 1. The van der Waals surface area contributed by atoms with E-state index in [1.807, 2.05) is 0 Å². The van der Waals surface area contributed by atoms with Gasteiger partial charge < -0.3 is 9.84 Å². The molecule has 118 valence electrons. The molecule has 3 rings (SSSR count). The number of carboxylic acids is 1. The van der Waals surface area contributed by atoms with Crippen LogP contribution >= 0.6 is 15.9 Å². The third-order valence-electron chi connectivity index (χ3n) is 3.50. The van der Waals surface area contributed by atoms with E-state index < -0.39 is 23.7 Å². The van der Waals surface area contributed by atoms with Crippen LogP contribution in [0.15, 0.2) is 46.9 Å². The maximum atomic E-state index is 13.4. The van der Waals surface area contributed by atoms with Crippen LogP contribution in [0.5, 0.6) is 5.75 Å². The first kappa shape index (κ1) is 15.5. The smallest absolute Gasteiger partial charge is 0.331 e. The van der Waals surface area contributed by atoms with Gasteiger partial charge in [0.25, 0.3) is 5.91 Å². The fraction of sp³-hybridized carbons (Fsp3) is 0.125. The second-order valence-electron chi connectivity index (χ2n) is 4.98. The number of ether oxygens (including phenoxy) is 1. The molecule has 2 aromatic rings. The molecule has 0 spiro atoms. The first-order valence-electron chi connectivity index (χ1n) is 6.69. The van der Waals surface area contributed by atoms with Crippen molar-refractivity contribution in [2.45, 2.75) is 6.04 Å². The number of fused-ring (bicyclic) bond motifs is 1. The largest absolute Gasteiger partial charge is 0.479 e. The van der Waals surface area contributed by atoms with E-state index >= 15 is 0 Å². The summed E-state index contributed by atoms with van der Waals surface area (Å²) in [6.45, 7) is -0.221. The zero-order valence-electron chi connectivity index (χ0n) is 11.7. The van der Waals surface area contributed by atoms with E-state index in [4.69, 9.17) is 4.74 Å². The molecule has 23 heavy (non-hydrogen) atoms. The minimum absolute atomic E-state index is 0.174. The molecule has 0 saturated heterocycles. The summed E-state index contributed by atoms with van der Waals surface area (Å²) < 4.78 is 19.6. The Morgan fingerprint density at radius 2 is 2.09 bits per heavy atom. The minimum Gasteiger partial charge on any atom is -0.479 e. The van der Waals surface area contributed by atoms with Crippen LogP contribution in [0.25, 0.3) is 0 Å². The maximum absolute atomic E-state index is 13.4. The number of carbonyl (C=O) groups is 2. The van der Waals surface area contributed by atoms with E-state index in [0.717, 1.165) is 11.0 Å². The normalized spacial score (nSPS) is 14.9. The number of benzene rings is 2. The van der Waals surface area contributed by atoms with Crippen molar-refractivity contribution in [2.24, 2.45) is 0 Å². The number of rotatable bonds is 3. The summed E-state index contributed by atoms with van der Waals surface area (Å²) in [5.41, 5.74) is 0.432. The molecule has 1 N–H and O–H groups in total. The zero-order valence-corrected chi connectivity index (χ0v) is 13.3. The van der Waals surface area contributed by atoms with Gasteiger partial charge in [0.05, 0.1) is 5.56 Å². The summed E-state index contributed by atoms with van der Waals surface area (Å²) >= 11 is 3.27. The van der Waals surface area contributed by atoms with E-state index in [-0.39, 0.29) is 17.9 Å². The summed E-state index contributed by atoms with van der Waals surface area (Å²) in [7, 11) is 0. The number of nitrogens with zero attached hydrogens (tertiary/aromatic N) is 1. The highest BCUT2D eigenvalue weighted by atomic mass is 79.9. The van der Waals surface area contributed by atoms with E-state index in [0.29, 0.717) is 10.2 Å². The molecule has 1 aliphatic heterocycles. The maximum Gasteiger partial charge on any atom is 0.331 e. The number of halogens is 2. The Bertz CT molecular complexity index is 795. The van der Waals surface area contributed by atoms with Crippen LogP contribution in [0, 0.1) is 5.82 Å². The van der Waals surface area contributed by atoms with Gasteiger partial charge in [0.1, 0.15) is 11.6 Å². The van der Waals surface area contributed by atoms with Gasteiger partial charge in [0.15, 0.2) is 12.8 Å². The number of carboxylic acid groups (broad SMARTS) is 1. The standard InChI is InChI=1S/C16H11BrFNO4/c17-10-4-5-13-12(7-10)15(20)19(8-23-13)14(16(21)22)9-2-1-3-11(18)6-9/h1-7,14H,8H2,(H,21,22). The predicted octanol–water partition coefficient (Wildman–Crippen LogP) is 3.21. The Morgan fingerprint density at radius 1 is 1.30 bits per heavy atom. The number of amides is 1. The fourth-order valence-corrected chi connectivity index (χ4v) is 2.83. The Balaban J connectivity index is 2.02. The van der Waals surface area contributed by atoms with Crippen LogP contribution in [0.2, 0.25) is 0 Å². The number of hydrogen-bond donors (Lipinski definition) is 1. The SMILES string of the molecule is O=C(O)C(c1cccc(F)c1)N1COc2ccc(Br)cc2C1=O. The Labute approximate surface area is 139 Å². The second kappa shape index (κ2) is 6.00. The summed E-state index contributed by atoms with van der Waals surface area (Å²) in [5.74, 6) is -1.92. The number of aliphatic carboxylic acids is 1. The molecular formula is C16H11BrFNO4. The summed E-state index contributed by atoms with van der Waals surface area (Å²) in [5, 5.41) is 9.51. The van der Waals surface area contributed by atoms with Gasteiger partial charge in [-0.1, -0.05) is 28.1 Å². The lowest BCUT2D eigenvalue weighted by Gasteiger charge is -2.33. The molecule has 0 aliphatic carbocycles. The lowest BCUT2D eigenvalue weighted by molar-refractivity contribution is -0.144. The first-order valence-corrected chi connectivity index (χ1v) is 7.48. The van der Waals surface area contributed by atoms with E-state index in [1.54, 1.807) is 18.2 Å². The molecule has 0 saturated carbocycles. The van der Waals surface area contributed by atoms with Crippen molar-refractivity contribution < 1.29 is 23.8 Å². The Morgan fingerprint density at radius 3 is 2.78 bits per heavy atom. The monoisotopic (exact) mass is 379 g/mol. The van der Waals surface area contributed by atoms with Crippen molar-refractivity contribution in [3.8, 4) is 5.75 Å². The molecule has 7 heteroatoms. The average molecular weight is 380 g/mol.